The molecule has 0 aliphatic heterocycles. The minimum absolute atomic E-state index is 0.0529. The lowest BCUT2D eigenvalue weighted by atomic mass is 10.1. The van der Waals surface area contributed by atoms with Gasteiger partial charge in [-0.3, -0.25) is 0 Å². The fourth-order valence-electron chi connectivity index (χ4n) is 1.49. The van der Waals surface area contributed by atoms with Crippen LogP contribution in [0.5, 0.6) is 5.75 Å². The minimum atomic E-state index is -3.03. The SMILES string of the molecule is CCOC(=O)c1ccc(CCC#N)cc1OC(F)F. The number of carbonyl (C=O) groups is 1. The van der Waals surface area contributed by atoms with E-state index in [1.807, 2.05) is 6.07 Å². The Labute approximate surface area is 109 Å². The molecule has 1 aromatic carbocycles. The molecule has 0 aliphatic carbocycles. The van der Waals surface area contributed by atoms with Crippen molar-refractivity contribution >= 4 is 5.97 Å². The second-order valence-corrected chi connectivity index (χ2v) is 3.59. The minimum Gasteiger partial charge on any atom is -0.462 e. The fourth-order valence-corrected chi connectivity index (χ4v) is 1.49. The number of benzene rings is 1. The number of ether oxygens (including phenoxy) is 2. The molecule has 19 heavy (non-hydrogen) atoms. The smallest absolute Gasteiger partial charge is 0.387 e. The largest absolute Gasteiger partial charge is 0.462 e. The van der Waals surface area contributed by atoms with Crippen molar-refractivity contribution in [3.8, 4) is 11.8 Å². The van der Waals surface area contributed by atoms with Crippen LogP contribution in [0.3, 0.4) is 0 Å². The molecule has 0 atom stereocenters. The summed E-state index contributed by atoms with van der Waals surface area (Å²) in [5.74, 6) is -0.950. The number of halogens is 2. The van der Waals surface area contributed by atoms with Crippen molar-refractivity contribution in [1.82, 2.24) is 0 Å². The van der Waals surface area contributed by atoms with Gasteiger partial charge in [-0.05, 0) is 31.0 Å². The van der Waals surface area contributed by atoms with Crippen LogP contribution in [0.15, 0.2) is 18.2 Å². The first-order chi connectivity index (χ1) is 9.08. The van der Waals surface area contributed by atoms with Gasteiger partial charge < -0.3 is 9.47 Å². The Balaban J connectivity index is 3.02. The number of rotatable bonds is 6. The summed E-state index contributed by atoms with van der Waals surface area (Å²) in [6.45, 7) is -1.27. The molecule has 0 heterocycles. The molecule has 1 rings (SSSR count). The first-order valence-electron chi connectivity index (χ1n) is 5.70. The first kappa shape index (κ1) is 14.9. The molecule has 102 valence electrons. The molecule has 0 spiro atoms. The van der Waals surface area contributed by atoms with Gasteiger partial charge in [-0.15, -0.1) is 0 Å². The van der Waals surface area contributed by atoms with Gasteiger partial charge in [0, 0.05) is 6.42 Å². The van der Waals surface area contributed by atoms with Crippen molar-refractivity contribution in [2.45, 2.75) is 26.4 Å². The summed E-state index contributed by atoms with van der Waals surface area (Å²) in [4.78, 5) is 11.6. The number of hydrogen-bond acceptors (Lipinski definition) is 4. The third-order valence-corrected chi connectivity index (χ3v) is 2.28. The highest BCUT2D eigenvalue weighted by Gasteiger charge is 2.17. The van der Waals surface area contributed by atoms with Crippen LogP contribution < -0.4 is 4.74 Å². The van der Waals surface area contributed by atoms with Gasteiger partial charge in [-0.1, -0.05) is 6.07 Å². The Morgan fingerprint density at radius 3 is 2.79 bits per heavy atom. The molecule has 0 amide bonds. The van der Waals surface area contributed by atoms with Gasteiger partial charge in [0.1, 0.15) is 11.3 Å². The standard InChI is InChI=1S/C13H13F2NO3/c1-2-18-12(17)10-6-5-9(4-3-7-16)8-11(10)19-13(14)15/h5-6,8,13H,2-4H2,1H3. The Bertz CT molecular complexity index is 483. The predicted octanol–water partition coefficient (Wildman–Crippen LogP) is 2.92. The van der Waals surface area contributed by atoms with Crippen LogP contribution in [-0.4, -0.2) is 19.2 Å². The lowest BCUT2D eigenvalue weighted by Crippen LogP contribution is -2.11. The van der Waals surface area contributed by atoms with Crippen LogP contribution in [0.25, 0.3) is 0 Å². The monoisotopic (exact) mass is 269 g/mol. The van der Waals surface area contributed by atoms with Gasteiger partial charge >= 0.3 is 12.6 Å². The van der Waals surface area contributed by atoms with E-state index in [1.54, 1.807) is 13.0 Å². The van der Waals surface area contributed by atoms with Crippen molar-refractivity contribution in [2.75, 3.05) is 6.61 Å². The van der Waals surface area contributed by atoms with E-state index in [2.05, 4.69) is 4.74 Å². The Kier molecular flexibility index (Phi) is 5.73. The Morgan fingerprint density at radius 1 is 1.47 bits per heavy atom. The second-order valence-electron chi connectivity index (χ2n) is 3.59. The highest BCUT2D eigenvalue weighted by molar-refractivity contribution is 5.92. The maximum absolute atomic E-state index is 12.3. The van der Waals surface area contributed by atoms with Crippen molar-refractivity contribution in [3.05, 3.63) is 29.3 Å². The molecule has 0 saturated carbocycles. The van der Waals surface area contributed by atoms with Crippen molar-refractivity contribution < 1.29 is 23.0 Å². The summed E-state index contributed by atoms with van der Waals surface area (Å²) in [5, 5.41) is 8.48. The summed E-state index contributed by atoms with van der Waals surface area (Å²) in [5.41, 5.74) is 0.591. The number of hydrogen-bond donors (Lipinski definition) is 0. The van der Waals surface area contributed by atoms with Crippen LogP contribution in [0.4, 0.5) is 8.78 Å². The summed E-state index contributed by atoms with van der Waals surface area (Å²) >= 11 is 0. The number of nitriles is 1. The van der Waals surface area contributed by atoms with E-state index in [1.165, 1.54) is 12.1 Å². The maximum atomic E-state index is 12.3. The molecule has 6 heteroatoms. The van der Waals surface area contributed by atoms with Crippen LogP contribution in [0, 0.1) is 11.3 Å². The zero-order valence-corrected chi connectivity index (χ0v) is 10.4. The Hall–Kier alpha value is -2.16. The zero-order valence-electron chi connectivity index (χ0n) is 10.4. The van der Waals surface area contributed by atoms with Crippen LogP contribution in [0.2, 0.25) is 0 Å². The van der Waals surface area contributed by atoms with Gasteiger partial charge in [0.15, 0.2) is 0 Å². The molecular formula is C13H13F2NO3. The highest BCUT2D eigenvalue weighted by atomic mass is 19.3. The van der Waals surface area contributed by atoms with E-state index in [4.69, 9.17) is 10.00 Å². The second kappa shape index (κ2) is 7.31. The summed E-state index contributed by atoms with van der Waals surface area (Å²) < 4.78 is 33.7. The van der Waals surface area contributed by atoms with E-state index in [0.29, 0.717) is 12.0 Å². The summed E-state index contributed by atoms with van der Waals surface area (Å²) in [7, 11) is 0. The van der Waals surface area contributed by atoms with Crippen LogP contribution >= 0.6 is 0 Å². The zero-order chi connectivity index (χ0) is 14.3. The highest BCUT2D eigenvalue weighted by Crippen LogP contribution is 2.24. The molecule has 0 unspecified atom stereocenters. The lowest BCUT2D eigenvalue weighted by Gasteiger charge is -2.11. The van der Waals surface area contributed by atoms with Crippen molar-refractivity contribution in [3.63, 3.8) is 0 Å². The fraction of sp³-hybridized carbons (Fsp3) is 0.385. The molecule has 1 aromatic rings. The average Bonchev–Trinajstić information content (AvgIpc) is 2.36. The number of aryl methyl sites for hydroxylation is 1. The topological polar surface area (TPSA) is 59.3 Å². The number of alkyl halides is 2. The number of nitrogens with zero attached hydrogens (tertiary/aromatic N) is 1. The van der Waals surface area contributed by atoms with Crippen molar-refractivity contribution in [2.24, 2.45) is 0 Å². The van der Waals surface area contributed by atoms with Gasteiger partial charge in [-0.2, -0.15) is 14.0 Å². The van der Waals surface area contributed by atoms with Gasteiger partial charge in [-0.25, -0.2) is 4.79 Å². The molecule has 0 N–H and O–H groups in total. The third kappa shape index (κ3) is 4.54. The summed E-state index contributed by atoms with van der Waals surface area (Å²) in [6.07, 6.45) is 0.659. The average molecular weight is 269 g/mol. The lowest BCUT2D eigenvalue weighted by molar-refractivity contribution is -0.0504. The van der Waals surface area contributed by atoms with Crippen molar-refractivity contribution in [1.29, 1.82) is 5.26 Å². The molecule has 0 aromatic heterocycles. The van der Waals surface area contributed by atoms with Gasteiger partial charge in [0.05, 0.1) is 12.7 Å². The number of carbonyl (C=O) groups excluding carboxylic acids is 1. The Morgan fingerprint density at radius 2 is 2.21 bits per heavy atom. The molecule has 0 radical (unpaired) electrons. The van der Waals surface area contributed by atoms with E-state index in [9.17, 15) is 13.6 Å². The van der Waals surface area contributed by atoms with Gasteiger partial charge in [0.2, 0.25) is 0 Å². The maximum Gasteiger partial charge on any atom is 0.387 e. The molecular weight excluding hydrogens is 256 g/mol. The summed E-state index contributed by atoms with van der Waals surface area (Å²) in [6, 6.07) is 6.23. The van der Waals surface area contributed by atoms with E-state index in [-0.39, 0.29) is 24.3 Å². The molecule has 0 aliphatic rings. The normalized spacial score (nSPS) is 10.1. The van der Waals surface area contributed by atoms with Gasteiger partial charge in [0.25, 0.3) is 0 Å². The molecule has 4 nitrogen and oxygen atoms in total. The van der Waals surface area contributed by atoms with Crippen LogP contribution in [0.1, 0.15) is 29.3 Å². The predicted molar refractivity (Wildman–Crippen MR) is 63.0 cm³/mol. The van der Waals surface area contributed by atoms with E-state index < -0.39 is 12.6 Å². The van der Waals surface area contributed by atoms with Crippen LogP contribution in [-0.2, 0) is 11.2 Å². The number of esters is 1. The quantitative estimate of drug-likeness (QED) is 0.745. The third-order valence-electron chi connectivity index (χ3n) is 2.28. The van der Waals surface area contributed by atoms with E-state index in [0.717, 1.165) is 0 Å². The molecule has 0 saturated heterocycles. The molecule has 0 fully saturated rings. The van der Waals surface area contributed by atoms with E-state index >= 15 is 0 Å². The molecule has 0 bridgehead atoms. The first-order valence-corrected chi connectivity index (χ1v) is 5.70.